The van der Waals surface area contributed by atoms with E-state index in [9.17, 15) is 9.90 Å². The summed E-state index contributed by atoms with van der Waals surface area (Å²) >= 11 is 0. The first kappa shape index (κ1) is 13.5. The molecule has 4 N–H and O–H groups in total. The minimum Gasteiger partial charge on any atom is -0.505 e. The molecule has 0 aliphatic heterocycles. The lowest BCUT2D eigenvalue weighted by Gasteiger charge is -2.12. The van der Waals surface area contributed by atoms with Crippen LogP contribution in [-0.4, -0.2) is 17.1 Å². The summed E-state index contributed by atoms with van der Waals surface area (Å²) in [6.45, 7) is 3.82. The van der Waals surface area contributed by atoms with Crippen LogP contribution >= 0.6 is 0 Å². The second kappa shape index (κ2) is 6.25. The molecule has 1 aromatic carbocycles. The van der Waals surface area contributed by atoms with E-state index in [1.165, 1.54) is 0 Å². The van der Waals surface area contributed by atoms with Crippen LogP contribution in [-0.2, 0) is 4.79 Å². The van der Waals surface area contributed by atoms with Crippen molar-refractivity contribution < 1.29 is 9.90 Å². The van der Waals surface area contributed by atoms with E-state index in [4.69, 9.17) is 5.73 Å². The maximum absolute atomic E-state index is 11.7. The molecule has 1 unspecified atom stereocenters. The Morgan fingerprint density at radius 1 is 1.53 bits per heavy atom. The molecule has 0 heterocycles. The molecule has 0 spiro atoms. The van der Waals surface area contributed by atoms with E-state index in [1.807, 2.05) is 6.92 Å². The van der Waals surface area contributed by atoms with Crippen molar-refractivity contribution in [2.75, 3.05) is 5.32 Å². The van der Waals surface area contributed by atoms with E-state index in [0.29, 0.717) is 5.69 Å². The van der Waals surface area contributed by atoms with Gasteiger partial charge in [-0.3, -0.25) is 4.79 Å². The Bertz CT molecular complexity index is 391. The molecular weight excluding hydrogens is 216 g/mol. The molecule has 0 aliphatic rings. The zero-order valence-corrected chi connectivity index (χ0v) is 10.4. The van der Waals surface area contributed by atoms with Crippen molar-refractivity contribution in [1.82, 2.24) is 0 Å². The van der Waals surface area contributed by atoms with Crippen LogP contribution in [0.3, 0.4) is 0 Å². The molecule has 1 rings (SSSR count). The quantitative estimate of drug-likeness (QED) is 0.686. The summed E-state index contributed by atoms with van der Waals surface area (Å²) in [5, 5.41) is 12.4. The number of nitrogens with one attached hydrogen (secondary N) is 1. The van der Waals surface area contributed by atoms with Gasteiger partial charge in [-0.15, -0.1) is 0 Å². The molecule has 0 bridgehead atoms. The van der Waals surface area contributed by atoms with Crippen molar-refractivity contribution >= 4 is 11.6 Å². The molecule has 0 fully saturated rings. The van der Waals surface area contributed by atoms with Crippen LogP contribution in [0.4, 0.5) is 5.69 Å². The Kier molecular flexibility index (Phi) is 4.97. The van der Waals surface area contributed by atoms with Crippen LogP contribution in [0, 0.1) is 6.92 Å². The minimum atomic E-state index is -0.160. The third-order valence-electron chi connectivity index (χ3n) is 2.62. The van der Waals surface area contributed by atoms with Gasteiger partial charge in [-0.2, -0.15) is 0 Å². The van der Waals surface area contributed by atoms with Crippen molar-refractivity contribution in [3.63, 3.8) is 0 Å². The van der Waals surface area contributed by atoms with Crippen LogP contribution in [0.25, 0.3) is 0 Å². The average Bonchev–Trinajstić information content (AvgIpc) is 2.25. The summed E-state index contributed by atoms with van der Waals surface area (Å²) in [4.78, 5) is 11.7. The molecule has 0 aromatic heterocycles. The highest BCUT2D eigenvalue weighted by atomic mass is 16.3. The van der Waals surface area contributed by atoms with Gasteiger partial charge in [0.1, 0.15) is 5.75 Å². The first-order valence-electron chi connectivity index (χ1n) is 5.88. The maximum Gasteiger partial charge on any atom is 0.226 e. The predicted molar refractivity (Wildman–Crippen MR) is 69.0 cm³/mol. The number of carbonyl (C=O) groups excluding carboxylic acids is 1. The van der Waals surface area contributed by atoms with E-state index in [2.05, 4.69) is 5.32 Å². The molecule has 0 saturated carbocycles. The molecule has 0 saturated heterocycles. The number of aryl methyl sites for hydroxylation is 1. The SMILES string of the molecule is CCCC(N)CC(=O)Nc1cccc(C)c1O. The zero-order valence-electron chi connectivity index (χ0n) is 10.4. The Balaban J connectivity index is 2.59. The fourth-order valence-electron chi connectivity index (χ4n) is 1.67. The van der Waals surface area contributed by atoms with Crippen LogP contribution in [0.1, 0.15) is 31.7 Å². The number of aromatic hydroxyl groups is 1. The van der Waals surface area contributed by atoms with E-state index in [-0.39, 0.29) is 24.1 Å². The topological polar surface area (TPSA) is 75.4 Å². The van der Waals surface area contributed by atoms with Crippen molar-refractivity contribution in [3.05, 3.63) is 23.8 Å². The summed E-state index contributed by atoms with van der Waals surface area (Å²) in [5.74, 6) is -0.0447. The third kappa shape index (κ3) is 4.07. The number of carbonyl (C=O) groups is 1. The van der Waals surface area contributed by atoms with Gasteiger partial charge in [0.25, 0.3) is 0 Å². The van der Waals surface area contributed by atoms with Gasteiger partial charge in [-0.1, -0.05) is 25.5 Å². The van der Waals surface area contributed by atoms with E-state index in [0.717, 1.165) is 18.4 Å². The largest absolute Gasteiger partial charge is 0.505 e. The highest BCUT2D eigenvalue weighted by Gasteiger charge is 2.11. The van der Waals surface area contributed by atoms with Crippen LogP contribution in [0.2, 0.25) is 0 Å². The molecule has 1 amide bonds. The molecule has 0 radical (unpaired) electrons. The molecular formula is C13H20N2O2. The second-order valence-corrected chi connectivity index (χ2v) is 4.27. The van der Waals surface area contributed by atoms with Gasteiger partial charge in [0.2, 0.25) is 5.91 Å². The molecule has 4 heteroatoms. The first-order chi connectivity index (χ1) is 8.04. The molecule has 0 aliphatic carbocycles. The number of para-hydroxylation sites is 1. The number of hydrogen-bond acceptors (Lipinski definition) is 3. The van der Waals surface area contributed by atoms with Crippen molar-refractivity contribution in [3.8, 4) is 5.75 Å². The highest BCUT2D eigenvalue weighted by molar-refractivity contribution is 5.92. The molecule has 1 atom stereocenters. The number of rotatable bonds is 5. The maximum atomic E-state index is 11.7. The molecule has 17 heavy (non-hydrogen) atoms. The summed E-state index contributed by atoms with van der Waals surface area (Å²) < 4.78 is 0. The van der Waals surface area contributed by atoms with E-state index in [1.54, 1.807) is 25.1 Å². The number of hydrogen-bond donors (Lipinski definition) is 3. The number of phenolic OH excluding ortho intramolecular Hbond substituents is 1. The van der Waals surface area contributed by atoms with Gasteiger partial charge in [-0.05, 0) is 25.0 Å². The number of anilines is 1. The van der Waals surface area contributed by atoms with Crippen molar-refractivity contribution in [2.45, 2.75) is 39.2 Å². The highest BCUT2D eigenvalue weighted by Crippen LogP contribution is 2.26. The third-order valence-corrected chi connectivity index (χ3v) is 2.62. The standard InChI is InChI=1S/C13H20N2O2/c1-3-5-10(14)8-12(16)15-11-7-4-6-9(2)13(11)17/h4,6-7,10,17H,3,5,8,14H2,1-2H3,(H,15,16). The van der Waals surface area contributed by atoms with Crippen LogP contribution in [0.15, 0.2) is 18.2 Å². The van der Waals surface area contributed by atoms with Gasteiger partial charge >= 0.3 is 0 Å². The number of nitrogens with two attached hydrogens (primary N) is 1. The number of benzene rings is 1. The summed E-state index contributed by atoms with van der Waals surface area (Å²) in [6.07, 6.45) is 2.07. The van der Waals surface area contributed by atoms with Crippen LogP contribution < -0.4 is 11.1 Å². The summed E-state index contributed by atoms with van der Waals surface area (Å²) in [7, 11) is 0. The molecule has 94 valence electrons. The first-order valence-corrected chi connectivity index (χ1v) is 5.88. The van der Waals surface area contributed by atoms with Crippen LogP contribution in [0.5, 0.6) is 5.75 Å². The van der Waals surface area contributed by atoms with Gasteiger partial charge < -0.3 is 16.2 Å². The fraction of sp³-hybridized carbons (Fsp3) is 0.462. The van der Waals surface area contributed by atoms with Gasteiger partial charge in [-0.25, -0.2) is 0 Å². The van der Waals surface area contributed by atoms with Crippen molar-refractivity contribution in [2.24, 2.45) is 5.73 Å². The van der Waals surface area contributed by atoms with Gasteiger partial charge in [0.15, 0.2) is 0 Å². The van der Waals surface area contributed by atoms with E-state index < -0.39 is 0 Å². The lowest BCUT2D eigenvalue weighted by atomic mass is 10.1. The molecule has 1 aromatic rings. The van der Waals surface area contributed by atoms with Gasteiger partial charge in [0.05, 0.1) is 5.69 Å². The Labute approximate surface area is 102 Å². The smallest absolute Gasteiger partial charge is 0.226 e. The summed E-state index contributed by atoms with van der Waals surface area (Å²) in [5.41, 5.74) is 6.96. The molecule has 4 nitrogen and oxygen atoms in total. The Morgan fingerprint density at radius 3 is 2.88 bits per heavy atom. The zero-order chi connectivity index (χ0) is 12.8. The number of amides is 1. The minimum absolute atomic E-state index is 0.116. The van der Waals surface area contributed by atoms with E-state index >= 15 is 0 Å². The Hall–Kier alpha value is -1.55. The lowest BCUT2D eigenvalue weighted by Crippen LogP contribution is -2.26. The lowest BCUT2D eigenvalue weighted by molar-refractivity contribution is -0.116. The fourth-order valence-corrected chi connectivity index (χ4v) is 1.67. The second-order valence-electron chi connectivity index (χ2n) is 4.27. The van der Waals surface area contributed by atoms with Crippen molar-refractivity contribution in [1.29, 1.82) is 0 Å². The predicted octanol–water partition coefficient (Wildman–Crippen LogP) is 2.16. The average molecular weight is 236 g/mol. The normalized spacial score (nSPS) is 12.2. The number of phenols is 1. The van der Waals surface area contributed by atoms with Gasteiger partial charge in [0, 0.05) is 12.5 Å². The summed E-state index contributed by atoms with van der Waals surface area (Å²) in [6, 6.07) is 5.13. The Morgan fingerprint density at radius 2 is 2.24 bits per heavy atom. The monoisotopic (exact) mass is 236 g/mol.